The number of nitrogens with one attached hydrogen (secondary N) is 1. The SMILES string of the molecule is Cn1cnc2nc(NC(CO)c3ccc(F)cc3F)ncc21. The fraction of sp³-hybridized carbons (Fsp3) is 0.214. The summed E-state index contributed by atoms with van der Waals surface area (Å²) >= 11 is 0. The number of halogens is 2. The van der Waals surface area contributed by atoms with Gasteiger partial charge in [-0.25, -0.2) is 18.7 Å². The van der Waals surface area contributed by atoms with Crippen LogP contribution in [0, 0.1) is 11.6 Å². The second kappa shape index (κ2) is 5.64. The van der Waals surface area contributed by atoms with Crippen LogP contribution in [0.1, 0.15) is 11.6 Å². The quantitative estimate of drug-likeness (QED) is 0.768. The zero-order valence-electron chi connectivity index (χ0n) is 11.7. The van der Waals surface area contributed by atoms with Crippen molar-refractivity contribution in [2.75, 3.05) is 11.9 Å². The molecule has 1 atom stereocenters. The first kappa shape index (κ1) is 14.3. The van der Waals surface area contributed by atoms with Crippen LogP contribution in [0.2, 0.25) is 0 Å². The highest BCUT2D eigenvalue weighted by Crippen LogP contribution is 2.21. The molecule has 3 rings (SSSR count). The zero-order chi connectivity index (χ0) is 15.7. The molecule has 0 saturated carbocycles. The maximum absolute atomic E-state index is 13.8. The van der Waals surface area contributed by atoms with Crippen LogP contribution in [0.3, 0.4) is 0 Å². The zero-order valence-corrected chi connectivity index (χ0v) is 11.7. The van der Waals surface area contributed by atoms with Gasteiger partial charge in [-0.3, -0.25) is 0 Å². The highest BCUT2D eigenvalue weighted by molar-refractivity contribution is 5.70. The molecule has 0 aliphatic rings. The summed E-state index contributed by atoms with van der Waals surface area (Å²) in [6.07, 6.45) is 3.18. The van der Waals surface area contributed by atoms with Crippen LogP contribution in [0.25, 0.3) is 11.2 Å². The smallest absolute Gasteiger partial charge is 0.225 e. The Morgan fingerprint density at radius 3 is 2.86 bits per heavy atom. The lowest BCUT2D eigenvalue weighted by Crippen LogP contribution is -2.18. The van der Waals surface area contributed by atoms with Crippen molar-refractivity contribution in [3.05, 3.63) is 47.9 Å². The molecule has 1 unspecified atom stereocenters. The summed E-state index contributed by atoms with van der Waals surface area (Å²) in [6.45, 7) is -0.397. The Balaban J connectivity index is 1.90. The van der Waals surface area contributed by atoms with Gasteiger partial charge in [0.2, 0.25) is 5.95 Å². The van der Waals surface area contributed by atoms with Gasteiger partial charge in [0.25, 0.3) is 0 Å². The van der Waals surface area contributed by atoms with Gasteiger partial charge in [-0.15, -0.1) is 0 Å². The predicted molar refractivity (Wildman–Crippen MR) is 76.1 cm³/mol. The number of hydrogen-bond acceptors (Lipinski definition) is 5. The molecule has 0 amide bonds. The maximum atomic E-state index is 13.8. The Labute approximate surface area is 124 Å². The summed E-state index contributed by atoms with van der Waals surface area (Å²) in [4.78, 5) is 12.4. The summed E-state index contributed by atoms with van der Waals surface area (Å²) in [6, 6.07) is 2.38. The number of hydrogen-bond donors (Lipinski definition) is 2. The second-order valence-corrected chi connectivity index (χ2v) is 4.80. The average Bonchev–Trinajstić information content (AvgIpc) is 2.86. The normalized spacial score (nSPS) is 12.5. The molecule has 1 aromatic carbocycles. The van der Waals surface area contributed by atoms with Crippen molar-refractivity contribution >= 4 is 17.1 Å². The van der Waals surface area contributed by atoms with Crippen molar-refractivity contribution in [1.82, 2.24) is 19.5 Å². The number of aliphatic hydroxyl groups is 1. The van der Waals surface area contributed by atoms with E-state index in [4.69, 9.17) is 0 Å². The van der Waals surface area contributed by atoms with Crippen LogP contribution < -0.4 is 5.32 Å². The number of rotatable bonds is 4. The molecule has 0 fully saturated rings. The fourth-order valence-corrected chi connectivity index (χ4v) is 2.14. The lowest BCUT2D eigenvalue weighted by molar-refractivity contribution is 0.273. The van der Waals surface area contributed by atoms with Crippen molar-refractivity contribution in [3.8, 4) is 0 Å². The van der Waals surface area contributed by atoms with Crippen LogP contribution in [0.5, 0.6) is 0 Å². The Kier molecular flexibility index (Phi) is 3.68. The Hall–Kier alpha value is -2.61. The summed E-state index contributed by atoms with van der Waals surface area (Å²) in [5.41, 5.74) is 1.36. The van der Waals surface area contributed by atoms with Gasteiger partial charge < -0.3 is 15.0 Å². The molecule has 114 valence electrons. The largest absolute Gasteiger partial charge is 0.394 e. The lowest BCUT2D eigenvalue weighted by atomic mass is 10.1. The van der Waals surface area contributed by atoms with Crippen LogP contribution in [0.15, 0.2) is 30.7 Å². The van der Waals surface area contributed by atoms with E-state index in [-0.39, 0.29) is 11.5 Å². The molecule has 6 nitrogen and oxygen atoms in total. The third-order valence-corrected chi connectivity index (χ3v) is 3.31. The van der Waals surface area contributed by atoms with E-state index in [0.717, 1.165) is 17.6 Å². The molecule has 0 radical (unpaired) electrons. The molecule has 0 aliphatic carbocycles. The minimum Gasteiger partial charge on any atom is -0.394 e. The Bertz CT molecular complexity index is 820. The molecule has 22 heavy (non-hydrogen) atoms. The van der Waals surface area contributed by atoms with Gasteiger partial charge >= 0.3 is 0 Å². The van der Waals surface area contributed by atoms with Crippen LogP contribution in [-0.4, -0.2) is 31.2 Å². The monoisotopic (exact) mass is 305 g/mol. The molecule has 2 N–H and O–H groups in total. The third-order valence-electron chi connectivity index (χ3n) is 3.31. The van der Waals surface area contributed by atoms with Crippen molar-refractivity contribution in [3.63, 3.8) is 0 Å². The van der Waals surface area contributed by atoms with Gasteiger partial charge in [0.15, 0.2) is 5.65 Å². The molecule has 8 heteroatoms. The standard InChI is InChI=1S/C14H13F2N5O/c1-21-7-18-13-12(21)5-17-14(20-13)19-11(6-22)9-3-2-8(15)4-10(9)16/h2-5,7,11,22H,6H2,1H3,(H,17,19,20). The van der Waals surface area contributed by atoms with E-state index in [2.05, 4.69) is 20.3 Å². The topological polar surface area (TPSA) is 75.9 Å². The van der Waals surface area contributed by atoms with E-state index in [1.165, 1.54) is 6.07 Å². The molecule has 0 saturated heterocycles. The highest BCUT2D eigenvalue weighted by Gasteiger charge is 2.17. The number of imidazole rings is 1. The Morgan fingerprint density at radius 1 is 1.32 bits per heavy atom. The van der Waals surface area contributed by atoms with Gasteiger partial charge in [-0.2, -0.15) is 4.98 Å². The number of aromatic nitrogens is 4. The summed E-state index contributed by atoms with van der Waals surface area (Å²) in [5, 5.41) is 12.3. The van der Waals surface area contributed by atoms with E-state index < -0.39 is 24.3 Å². The predicted octanol–water partition coefficient (Wildman–Crippen LogP) is 1.79. The van der Waals surface area contributed by atoms with Crippen molar-refractivity contribution < 1.29 is 13.9 Å². The van der Waals surface area contributed by atoms with E-state index >= 15 is 0 Å². The molecule has 2 aromatic heterocycles. The number of benzene rings is 1. The first-order chi connectivity index (χ1) is 10.6. The molecule has 2 heterocycles. The van der Waals surface area contributed by atoms with Crippen LogP contribution in [-0.2, 0) is 7.05 Å². The van der Waals surface area contributed by atoms with E-state index in [1.54, 1.807) is 17.1 Å². The highest BCUT2D eigenvalue weighted by atomic mass is 19.1. The number of anilines is 1. The minimum absolute atomic E-state index is 0.133. The maximum Gasteiger partial charge on any atom is 0.225 e. The molecule has 0 aliphatic heterocycles. The van der Waals surface area contributed by atoms with Gasteiger partial charge in [0, 0.05) is 18.7 Å². The summed E-state index contributed by atoms with van der Waals surface area (Å²) in [5.74, 6) is -1.22. The lowest BCUT2D eigenvalue weighted by Gasteiger charge is -2.17. The molecule has 0 spiro atoms. The molecule has 3 aromatic rings. The van der Waals surface area contributed by atoms with Crippen LogP contribution >= 0.6 is 0 Å². The van der Waals surface area contributed by atoms with Gasteiger partial charge in [0.1, 0.15) is 17.2 Å². The molecular weight excluding hydrogens is 292 g/mol. The first-order valence-electron chi connectivity index (χ1n) is 6.55. The van der Waals surface area contributed by atoms with Crippen molar-refractivity contribution in [2.45, 2.75) is 6.04 Å². The van der Waals surface area contributed by atoms with E-state index in [0.29, 0.717) is 5.65 Å². The van der Waals surface area contributed by atoms with Gasteiger partial charge in [0.05, 0.1) is 25.2 Å². The first-order valence-corrected chi connectivity index (χ1v) is 6.55. The van der Waals surface area contributed by atoms with Crippen molar-refractivity contribution in [1.29, 1.82) is 0 Å². The number of aryl methyl sites for hydroxylation is 1. The minimum atomic E-state index is -0.790. The van der Waals surface area contributed by atoms with Crippen LogP contribution in [0.4, 0.5) is 14.7 Å². The molecular formula is C14H13F2N5O. The summed E-state index contributed by atoms with van der Waals surface area (Å²) in [7, 11) is 1.82. The number of aliphatic hydroxyl groups excluding tert-OH is 1. The Morgan fingerprint density at radius 2 is 2.14 bits per heavy atom. The average molecular weight is 305 g/mol. The fourth-order valence-electron chi connectivity index (χ4n) is 2.14. The van der Waals surface area contributed by atoms with Gasteiger partial charge in [-0.1, -0.05) is 6.07 Å². The molecule has 0 bridgehead atoms. The second-order valence-electron chi connectivity index (χ2n) is 4.80. The number of nitrogens with zero attached hydrogens (tertiary/aromatic N) is 4. The summed E-state index contributed by atoms with van der Waals surface area (Å²) < 4.78 is 28.5. The number of fused-ring (bicyclic) bond motifs is 1. The third kappa shape index (κ3) is 2.60. The van der Waals surface area contributed by atoms with E-state index in [1.807, 2.05) is 7.05 Å². The van der Waals surface area contributed by atoms with Crippen molar-refractivity contribution in [2.24, 2.45) is 7.05 Å². The van der Waals surface area contributed by atoms with E-state index in [9.17, 15) is 13.9 Å². The van der Waals surface area contributed by atoms with Gasteiger partial charge in [-0.05, 0) is 6.07 Å².